The summed E-state index contributed by atoms with van der Waals surface area (Å²) in [7, 11) is 0. The topological polar surface area (TPSA) is 46.9 Å². The molecule has 4 rings (SSSR count). The molecular formula is C27H20F5N3O. The maximum absolute atomic E-state index is 14.2. The van der Waals surface area contributed by atoms with Gasteiger partial charge in [0.2, 0.25) is 5.82 Å². The van der Waals surface area contributed by atoms with E-state index in [4.69, 9.17) is 0 Å². The molecule has 3 aromatic carbocycles. The molecule has 0 atom stereocenters. The molecule has 0 aliphatic rings. The zero-order chi connectivity index (χ0) is 26.0. The van der Waals surface area contributed by atoms with Gasteiger partial charge >= 0.3 is 0 Å². The highest BCUT2D eigenvalue weighted by Crippen LogP contribution is 2.27. The third kappa shape index (κ3) is 4.77. The maximum atomic E-state index is 14.2. The number of hydrogen-bond acceptors (Lipinski definition) is 2. The average Bonchev–Trinajstić information content (AvgIpc) is 3.15. The van der Waals surface area contributed by atoms with Gasteiger partial charge in [-0.2, -0.15) is 5.10 Å². The standard InChI is InChI=1S/C27H20F5N3O/c1-15-26(16(2)35(34-15)14-20-21(28)23(30)25(32)24(31)22(20)29)33-27(36)19(18-11-7-4-8-12-18)13-17-9-5-3-6-10-17/h3-13H,14H2,1-2H3,(H,33,36)/b19-13+. The van der Waals surface area contributed by atoms with Crippen LogP contribution in [-0.2, 0) is 11.3 Å². The fourth-order valence-electron chi connectivity index (χ4n) is 3.77. The van der Waals surface area contributed by atoms with Crippen LogP contribution in [0.25, 0.3) is 11.6 Å². The Labute approximate surface area is 203 Å². The fourth-order valence-corrected chi connectivity index (χ4v) is 3.77. The van der Waals surface area contributed by atoms with Gasteiger partial charge in [0, 0.05) is 5.57 Å². The number of aromatic nitrogens is 2. The summed E-state index contributed by atoms with van der Waals surface area (Å²) in [6, 6.07) is 18.2. The van der Waals surface area contributed by atoms with Gasteiger partial charge in [0.1, 0.15) is 0 Å². The molecule has 0 saturated carbocycles. The van der Waals surface area contributed by atoms with Crippen molar-refractivity contribution in [2.45, 2.75) is 20.4 Å². The molecule has 9 heteroatoms. The van der Waals surface area contributed by atoms with Crippen LogP contribution in [0.2, 0.25) is 0 Å². The molecule has 0 fully saturated rings. The lowest BCUT2D eigenvalue weighted by Crippen LogP contribution is -2.15. The zero-order valence-corrected chi connectivity index (χ0v) is 19.3. The number of carbonyl (C=O) groups is 1. The predicted molar refractivity (Wildman–Crippen MR) is 126 cm³/mol. The largest absolute Gasteiger partial charge is 0.319 e. The van der Waals surface area contributed by atoms with Crippen molar-refractivity contribution in [2.24, 2.45) is 0 Å². The van der Waals surface area contributed by atoms with E-state index < -0.39 is 47.1 Å². The van der Waals surface area contributed by atoms with Gasteiger partial charge in [0.25, 0.3) is 5.91 Å². The molecule has 4 aromatic rings. The molecule has 0 unspecified atom stereocenters. The van der Waals surface area contributed by atoms with E-state index in [-0.39, 0.29) is 11.4 Å². The van der Waals surface area contributed by atoms with Crippen molar-refractivity contribution in [1.82, 2.24) is 9.78 Å². The van der Waals surface area contributed by atoms with Crippen LogP contribution in [0.4, 0.5) is 27.6 Å². The second kappa shape index (κ2) is 10.2. The van der Waals surface area contributed by atoms with Gasteiger partial charge in [0.15, 0.2) is 23.3 Å². The van der Waals surface area contributed by atoms with E-state index in [1.807, 2.05) is 36.4 Å². The minimum atomic E-state index is -2.23. The molecule has 184 valence electrons. The molecule has 1 amide bonds. The van der Waals surface area contributed by atoms with Crippen LogP contribution >= 0.6 is 0 Å². The van der Waals surface area contributed by atoms with Gasteiger partial charge in [-0.1, -0.05) is 60.7 Å². The number of benzene rings is 3. The third-order valence-electron chi connectivity index (χ3n) is 5.67. The predicted octanol–water partition coefficient (Wildman–Crippen LogP) is 6.42. The van der Waals surface area contributed by atoms with Gasteiger partial charge in [-0.3, -0.25) is 9.48 Å². The molecule has 0 saturated heterocycles. The molecule has 4 nitrogen and oxygen atoms in total. The molecule has 36 heavy (non-hydrogen) atoms. The first-order chi connectivity index (χ1) is 17.2. The number of nitrogens with one attached hydrogen (secondary N) is 1. The van der Waals surface area contributed by atoms with Crippen molar-refractivity contribution < 1.29 is 26.7 Å². The number of aryl methyl sites for hydroxylation is 1. The van der Waals surface area contributed by atoms with E-state index >= 15 is 0 Å². The van der Waals surface area contributed by atoms with Crippen molar-refractivity contribution >= 4 is 23.2 Å². The van der Waals surface area contributed by atoms with E-state index in [0.29, 0.717) is 16.8 Å². The fraction of sp³-hybridized carbons (Fsp3) is 0.111. The summed E-state index contributed by atoms with van der Waals surface area (Å²) in [5.74, 6) is -10.6. The third-order valence-corrected chi connectivity index (χ3v) is 5.67. The summed E-state index contributed by atoms with van der Waals surface area (Å²) < 4.78 is 70.1. The Balaban J connectivity index is 1.69. The van der Waals surface area contributed by atoms with E-state index in [1.54, 1.807) is 37.3 Å². The van der Waals surface area contributed by atoms with E-state index in [2.05, 4.69) is 10.4 Å². The smallest absolute Gasteiger partial charge is 0.256 e. The Bertz CT molecular complexity index is 1440. The normalized spacial score (nSPS) is 11.6. The van der Waals surface area contributed by atoms with Crippen molar-refractivity contribution in [3.63, 3.8) is 0 Å². The van der Waals surface area contributed by atoms with Gasteiger partial charge in [-0.05, 0) is 31.1 Å². The van der Waals surface area contributed by atoms with Crippen LogP contribution in [-0.4, -0.2) is 15.7 Å². The molecular weight excluding hydrogens is 477 g/mol. The summed E-state index contributed by atoms with van der Waals surface area (Å²) in [6.45, 7) is 2.35. The first kappa shape index (κ1) is 24.8. The van der Waals surface area contributed by atoms with Crippen LogP contribution in [0, 0.1) is 42.9 Å². The number of anilines is 1. The Morgan fingerprint density at radius 1 is 0.833 bits per heavy atom. The highest BCUT2D eigenvalue weighted by Gasteiger charge is 2.27. The minimum absolute atomic E-state index is 0.263. The first-order valence-electron chi connectivity index (χ1n) is 10.9. The molecule has 0 spiro atoms. The van der Waals surface area contributed by atoms with Crippen LogP contribution in [0.3, 0.4) is 0 Å². The molecule has 0 aliphatic carbocycles. The van der Waals surface area contributed by atoms with Gasteiger partial charge in [-0.25, -0.2) is 22.0 Å². The Morgan fingerprint density at radius 2 is 1.36 bits per heavy atom. The minimum Gasteiger partial charge on any atom is -0.319 e. The highest BCUT2D eigenvalue weighted by molar-refractivity contribution is 6.29. The van der Waals surface area contributed by atoms with Crippen molar-refractivity contribution in [1.29, 1.82) is 0 Å². The SMILES string of the molecule is Cc1nn(Cc2c(F)c(F)c(F)c(F)c2F)c(C)c1NC(=O)/C(=C/c1ccccc1)c1ccccc1. The van der Waals surface area contributed by atoms with Crippen LogP contribution in [0.5, 0.6) is 0 Å². The zero-order valence-electron chi connectivity index (χ0n) is 19.3. The molecule has 1 N–H and O–H groups in total. The Hall–Kier alpha value is -4.27. The second-order valence-electron chi connectivity index (χ2n) is 8.04. The van der Waals surface area contributed by atoms with Gasteiger partial charge < -0.3 is 5.32 Å². The van der Waals surface area contributed by atoms with Crippen LogP contribution in [0.15, 0.2) is 60.7 Å². The highest BCUT2D eigenvalue weighted by atomic mass is 19.2. The van der Waals surface area contributed by atoms with E-state index in [9.17, 15) is 26.7 Å². The van der Waals surface area contributed by atoms with E-state index in [0.717, 1.165) is 10.2 Å². The monoisotopic (exact) mass is 497 g/mol. The lowest BCUT2D eigenvalue weighted by Gasteiger charge is -2.12. The number of carbonyl (C=O) groups excluding carboxylic acids is 1. The first-order valence-corrected chi connectivity index (χ1v) is 10.9. The van der Waals surface area contributed by atoms with Crippen molar-refractivity contribution in [2.75, 3.05) is 5.32 Å². The van der Waals surface area contributed by atoms with Crippen molar-refractivity contribution in [3.8, 4) is 0 Å². The summed E-state index contributed by atoms with van der Waals surface area (Å²) in [4.78, 5) is 13.3. The molecule has 0 bridgehead atoms. The second-order valence-corrected chi connectivity index (χ2v) is 8.04. The van der Waals surface area contributed by atoms with Crippen LogP contribution in [0.1, 0.15) is 28.1 Å². The maximum Gasteiger partial charge on any atom is 0.256 e. The number of hydrogen-bond donors (Lipinski definition) is 1. The molecule has 1 aromatic heterocycles. The summed E-state index contributed by atoms with van der Waals surface area (Å²) in [6.07, 6.45) is 1.72. The lowest BCUT2D eigenvalue weighted by atomic mass is 10.0. The van der Waals surface area contributed by atoms with Gasteiger partial charge in [-0.15, -0.1) is 0 Å². The molecule has 0 radical (unpaired) electrons. The summed E-state index contributed by atoms with van der Waals surface area (Å²) in [5, 5.41) is 6.93. The average molecular weight is 497 g/mol. The quantitative estimate of drug-likeness (QED) is 0.110. The number of amides is 1. The number of nitrogens with zero attached hydrogens (tertiary/aromatic N) is 2. The Morgan fingerprint density at radius 3 is 1.94 bits per heavy atom. The molecule has 1 heterocycles. The number of halogens is 5. The summed E-state index contributed by atoms with van der Waals surface area (Å²) >= 11 is 0. The Kier molecular flexibility index (Phi) is 7.00. The van der Waals surface area contributed by atoms with Gasteiger partial charge in [0.05, 0.1) is 29.2 Å². The lowest BCUT2D eigenvalue weighted by molar-refractivity contribution is -0.111. The number of rotatable bonds is 6. The van der Waals surface area contributed by atoms with Crippen LogP contribution < -0.4 is 5.32 Å². The van der Waals surface area contributed by atoms with Crippen molar-refractivity contribution in [3.05, 3.63) is 118 Å². The van der Waals surface area contributed by atoms with E-state index in [1.165, 1.54) is 6.92 Å². The molecule has 0 aliphatic heterocycles. The summed E-state index contributed by atoms with van der Waals surface area (Å²) in [5.41, 5.74) is 1.62.